The van der Waals surface area contributed by atoms with E-state index in [1.807, 2.05) is 18.2 Å². The fourth-order valence-corrected chi connectivity index (χ4v) is 2.21. The molecule has 0 radical (unpaired) electrons. The molecule has 3 atom stereocenters. The number of rotatable bonds is 4. The molecule has 0 N–H and O–H groups in total. The molecule has 0 amide bonds. The molecular formula is C12H15ClO2. The van der Waals surface area contributed by atoms with Crippen LogP contribution in [0.5, 0.6) is 0 Å². The number of hydrogen-bond acceptors (Lipinski definition) is 2. The highest BCUT2D eigenvalue weighted by atomic mass is 35.5. The number of halogens is 1. The Morgan fingerprint density at radius 2 is 2.07 bits per heavy atom. The molecule has 1 aromatic carbocycles. The van der Waals surface area contributed by atoms with Gasteiger partial charge in [-0.15, -0.1) is 11.6 Å². The molecule has 15 heavy (non-hydrogen) atoms. The Kier molecular flexibility index (Phi) is 3.62. The van der Waals surface area contributed by atoms with Gasteiger partial charge in [0.25, 0.3) is 0 Å². The van der Waals surface area contributed by atoms with Gasteiger partial charge in [-0.3, -0.25) is 0 Å². The van der Waals surface area contributed by atoms with Gasteiger partial charge in [-0.2, -0.15) is 0 Å². The third-order valence-corrected chi connectivity index (χ3v) is 3.19. The molecule has 1 aliphatic rings. The summed E-state index contributed by atoms with van der Waals surface area (Å²) in [7, 11) is 1.68. The SMILES string of the molecule is COC1C(Cl)CC1OCc1ccccc1. The van der Waals surface area contributed by atoms with Crippen molar-refractivity contribution in [2.45, 2.75) is 30.6 Å². The third-order valence-electron chi connectivity index (χ3n) is 2.76. The van der Waals surface area contributed by atoms with Crippen molar-refractivity contribution in [3.63, 3.8) is 0 Å². The second kappa shape index (κ2) is 4.97. The Morgan fingerprint density at radius 1 is 1.33 bits per heavy atom. The minimum atomic E-state index is 0.0513. The van der Waals surface area contributed by atoms with E-state index in [1.165, 1.54) is 5.56 Å². The van der Waals surface area contributed by atoms with Crippen molar-refractivity contribution in [2.24, 2.45) is 0 Å². The number of alkyl halides is 1. The van der Waals surface area contributed by atoms with E-state index in [9.17, 15) is 0 Å². The van der Waals surface area contributed by atoms with E-state index in [4.69, 9.17) is 21.1 Å². The molecule has 3 heteroatoms. The fraction of sp³-hybridized carbons (Fsp3) is 0.500. The zero-order valence-corrected chi connectivity index (χ0v) is 9.48. The highest BCUT2D eigenvalue weighted by Crippen LogP contribution is 2.31. The molecule has 3 unspecified atom stereocenters. The van der Waals surface area contributed by atoms with Crippen LogP contribution in [-0.2, 0) is 16.1 Å². The van der Waals surface area contributed by atoms with E-state index in [0.29, 0.717) is 6.61 Å². The van der Waals surface area contributed by atoms with Gasteiger partial charge in [-0.1, -0.05) is 30.3 Å². The van der Waals surface area contributed by atoms with Gasteiger partial charge in [0.15, 0.2) is 0 Å². The summed E-state index contributed by atoms with van der Waals surface area (Å²) in [5, 5.41) is 0.107. The smallest absolute Gasteiger partial charge is 0.0997 e. The topological polar surface area (TPSA) is 18.5 Å². The summed E-state index contributed by atoms with van der Waals surface area (Å²) in [6, 6.07) is 10.1. The third kappa shape index (κ3) is 2.51. The summed E-state index contributed by atoms with van der Waals surface area (Å²) in [4.78, 5) is 0. The highest BCUT2D eigenvalue weighted by Gasteiger charge is 2.40. The average Bonchev–Trinajstić information content (AvgIpc) is 2.26. The van der Waals surface area contributed by atoms with Crippen LogP contribution >= 0.6 is 11.6 Å². The van der Waals surface area contributed by atoms with Gasteiger partial charge in [0.1, 0.15) is 0 Å². The van der Waals surface area contributed by atoms with Crippen molar-refractivity contribution in [1.82, 2.24) is 0 Å². The van der Waals surface area contributed by atoms with Gasteiger partial charge >= 0.3 is 0 Å². The van der Waals surface area contributed by atoms with Crippen LogP contribution in [0.1, 0.15) is 12.0 Å². The van der Waals surface area contributed by atoms with Crippen molar-refractivity contribution in [3.05, 3.63) is 35.9 Å². The first-order chi connectivity index (χ1) is 7.31. The van der Waals surface area contributed by atoms with Gasteiger partial charge in [-0.25, -0.2) is 0 Å². The van der Waals surface area contributed by atoms with E-state index in [1.54, 1.807) is 7.11 Å². The standard InChI is InChI=1S/C12H15ClO2/c1-14-12-10(13)7-11(12)15-8-9-5-3-2-4-6-9/h2-6,10-12H,7-8H2,1H3. The van der Waals surface area contributed by atoms with Crippen molar-refractivity contribution in [2.75, 3.05) is 7.11 Å². The Labute approximate surface area is 95.1 Å². The normalized spacial score (nSPS) is 29.9. The lowest BCUT2D eigenvalue weighted by molar-refractivity contribution is -0.116. The summed E-state index contributed by atoms with van der Waals surface area (Å²) >= 11 is 5.99. The second-order valence-corrected chi connectivity index (χ2v) is 4.35. The van der Waals surface area contributed by atoms with E-state index in [2.05, 4.69) is 12.1 Å². The zero-order chi connectivity index (χ0) is 10.7. The van der Waals surface area contributed by atoms with Crippen molar-refractivity contribution in [1.29, 1.82) is 0 Å². The first kappa shape index (κ1) is 10.9. The predicted molar refractivity (Wildman–Crippen MR) is 60.1 cm³/mol. The Balaban J connectivity index is 1.80. The number of hydrogen-bond donors (Lipinski definition) is 0. The van der Waals surface area contributed by atoms with Crippen LogP contribution in [-0.4, -0.2) is 24.7 Å². The molecule has 0 heterocycles. The fourth-order valence-electron chi connectivity index (χ4n) is 1.77. The first-order valence-electron chi connectivity index (χ1n) is 5.13. The molecule has 0 bridgehead atoms. The summed E-state index contributed by atoms with van der Waals surface area (Å²) in [6.45, 7) is 0.634. The van der Waals surface area contributed by atoms with E-state index in [0.717, 1.165) is 6.42 Å². The summed E-state index contributed by atoms with van der Waals surface area (Å²) in [5.74, 6) is 0. The molecule has 0 spiro atoms. The molecule has 2 rings (SSSR count). The second-order valence-electron chi connectivity index (χ2n) is 3.79. The number of ether oxygens (including phenoxy) is 2. The minimum absolute atomic E-state index is 0.0513. The first-order valence-corrected chi connectivity index (χ1v) is 5.57. The number of benzene rings is 1. The van der Waals surface area contributed by atoms with Gasteiger partial charge in [0, 0.05) is 7.11 Å². The van der Waals surface area contributed by atoms with Crippen LogP contribution in [0.4, 0.5) is 0 Å². The maximum absolute atomic E-state index is 5.99. The Bertz CT molecular complexity index is 302. The quantitative estimate of drug-likeness (QED) is 0.735. The Morgan fingerprint density at radius 3 is 2.67 bits per heavy atom. The highest BCUT2D eigenvalue weighted by molar-refractivity contribution is 6.21. The molecule has 1 aliphatic carbocycles. The van der Waals surface area contributed by atoms with Crippen molar-refractivity contribution < 1.29 is 9.47 Å². The Hall–Kier alpha value is -0.570. The van der Waals surface area contributed by atoms with Gasteiger partial charge < -0.3 is 9.47 Å². The molecule has 2 nitrogen and oxygen atoms in total. The molecule has 1 saturated carbocycles. The minimum Gasteiger partial charge on any atom is -0.377 e. The molecule has 0 aliphatic heterocycles. The molecule has 1 aromatic rings. The summed E-state index contributed by atoms with van der Waals surface area (Å²) in [5.41, 5.74) is 1.19. The van der Waals surface area contributed by atoms with Gasteiger partial charge in [-0.05, 0) is 12.0 Å². The lowest BCUT2D eigenvalue weighted by atomic mass is 9.91. The molecule has 0 saturated heterocycles. The average molecular weight is 227 g/mol. The monoisotopic (exact) mass is 226 g/mol. The number of methoxy groups -OCH3 is 1. The van der Waals surface area contributed by atoms with Gasteiger partial charge in [0.05, 0.1) is 24.2 Å². The largest absolute Gasteiger partial charge is 0.377 e. The molecule has 0 aromatic heterocycles. The van der Waals surface area contributed by atoms with Crippen LogP contribution in [0.25, 0.3) is 0 Å². The van der Waals surface area contributed by atoms with Crippen molar-refractivity contribution in [3.8, 4) is 0 Å². The maximum Gasteiger partial charge on any atom is 0.0997 e. The molecule has 82 valence electrons. The summed E-state index contributed by atoms with van der Waals surface area (Å²) < 4.78 is 11.0. The van der Waals surface area contributed by atoms with Crippen LogP contribution in [0.2, 0.25) is 0 Å². The van der Waals surface area contributed by atoms with Crippen molar-refractivity contribution >= 4 is 11.6 Å². The molecule has 1 fully saturated rings. The van der Waals surface area contributed by atoms with Crippen LogP contribution in [0.15, 0.2) is 30.3 Å². The lowest BCUT2D eigenvalue weighted by Crippen LogP contribution is -2.50. The maximum atomic E-state index is 5.99. The predicted octanol–water partition coefficient (Wildman–Crippen LogP) is 2.60. The summed E-state index contributed by atoms with van der Waals surface area (Å²) in [6.07, 6.45) is 1.08. The van der Waals surface area contributed by atoms with Gasteiger partial charge in [0.2, 0.25) is 0 Å². The van der Waals surface area contributed by atoms with Crippen LogP contribution < -0.4 is 0 Å². The van der Waals surface area contributed by atoms with Crippen LogP contribution in [0.3, 0.4) is 0 Å². The lowest BCUT2D eigenvalue weighted by Gasteiger charge is -2.39. The van der Waals surface area contributed by atoms with E-state index in [-0.39, 0.29) is 17.6 Å². The molecular weight excluding hydrogens is 212 g/mol. The van der Waals surface area contributed by atoms with E-state index < -0.39 is 0 Å². The van der Waals surface area contributed by atoms with E-state index >= 15 is 0 Å². The van der Waals surface area contributed by atoms with Crippen LogP contribution in [0, 0.1) is 0 Å². The zero-order valence-electron chi connectivity index (χ0n) is 8.73.